The maximum Gasteiger partial charge on any atom is 0.185 e. The van der Waals surface area contributed by atoms with Crippen LogP contribution < -0.4 is 0 Å². The van der Waals surface area contributed by atoms with E-state index in [-0.39, 0.29) is 18.3 Å². The van der Waals surface area contributed by atoms with Crippen molar-refractivity contribution >= 4 is 15.6 Å². The number of rotatable bonds is 8. The van der Waals surface area contributed by atoms with Crippen LogP contribution in [0.2, 0.25) is 0 Å². The number of hydrogen-bond acceptors (Lipinski definition) is 5. The van der Waals surface area contributed by atoms with Crippen LogP contribution in [-0.2, 0) is 24.1 Å². The van der Waals surface area contributed by atoms with Crippen LogP contribution in [0.1, 0.15) is 0 Å². The highest BCUT2D eigenvalue weighted by atomic mass is 32.2. The summed E-state index contributed by atoms with van der Waals surface area (Å²) < 4.78 is 33.3. The van der Waals surface area contributed by atoms with Gasteiger partial charge >= 0.3 is 0 Å². The molecule has 0 unspecified atom stereocenters. The van der Waals surface area contributed by atoms with Gasteiger partial charge in [0.2, 0.25) is 0 Å². The van der Waals surface area contributed by atoms with E-state index < -0.39 is 21.4 Å². The predicted octanol–water partition coefficient (Wildman–Crippen LogP) is 1.21. The van der Waals surface area contributed by atoms with Crippen molar-refractivity contribution in [2.45, 2.75) is 4.90 Å². The number of sulfone groups is 1. The maximum atomic E-state index is 11.9. The van der Waals surface area contributed by atoms with Crippen molar-refractivity contribution < 1.29 is 22.7 Å². The lowest BCUT2D eigenvalue weighted by atomic mass is 10.4. The SMILES string of the molecule is COCOC/C=C/C(=O)CS(=O)(=O)c1ccccc1. The van der Waals surface area contributed by atoms with Gasteiger partial charge in [0.25, 0.3) is 0 Å². The zero-order valence-corrected chi connectivity index (χ0v) is 11.4. The number of ketones is 1. The third kappa shape index (κ3) is 5.78. The van der Waals surface area contributed by atoms with Crippen molar-refractivity contribution in [2.75, 3.05) is 26.3 Å². The van der Waals surface area contributed by atoms with Gasteiger partial charge in [0, 0.05) is 7.11 Å². The largest absolute Gasteiger partial charge is 0.359 e. The molecule has 19 heavy (non-hydrogen) atoms. The molecular weight excluding hydrogens is 268 g/mol. The van der Waals surface area contributed by atoms with Gasteiger partial charge in [-0.05, 0) is 18.2 Å². The van der Waals surface area contributed by atoms with Crippen LogP contribution in [0.3, 0.4) is 0 Å². The zero-order chi connectivity index (χ0) is 14.1. The van der Waals surface area contributed by atoms with Gasteiger partial charge in [-0.1, -0.05) is 24.3 Å². The molecule has 1 aromatic rings. The van der Waals surface area contributed by atoms with Crippen molar-refractivity contribution in [3.63, 3.8) is 0 Å². The van der Waals surface area contributed by atoms with Crippen LogP contribution in [0.5, 0.6) is 0 Å². The Labute approximate surface area is 112 Å². The van der Waals surface area contributed by atoms with Gasteiger partial charge in [0.05, 0.1) is 11.5 Å². The summed E-state index contributed by atoms with van der Waals surface area (Å²) in [5, 5.41) is 0. The molecule has 1 aromatic carbocycles. The van der Waals surface area contributed by atoms with Crippen LogP contribution in [0.25, 0.3) is 0 Å². The molecule has 0 bridgehead atoms. The highest BCUT2D eigenvalue weighted by molar-refractivity contribution is 7.92. The highest BCUT2D eigenvalue weighted by Gasteiger charge is 2.16. The second-order valence-electron chi connectivity index (χ2n) is 3.72. The standard InChI is InChI=1S/C13H16O5S/c1-17-11-18-9-5-6-12(14)10-19(15,16)13-7-3-2-4-8-13/h2-8H,9-11H2,1H3/b6-5+. The Balaban J connectivity index is 2.52. The lowest BCUT2D eigenvalue weighted by Gasteiger charge is -2.01. The van der Waals surface area contributed by atoms with Gasteiger partial charge in [-0.2, -0.15) is 0 Å². The number of methoxy groups -OCH3 is 1. The molecule has 0 heterocycles. The Hall–Kier alpha value is -1.50. The number of carbonyl (C=O) groups excluding carboxylic acids is 1. The molecule has 5 nitrogen and oxygen atoms in total. The van der Waals surface area contributed by atoms with E-state index in [1.165, 1.54) is 31.4 Å². The summed E-state index contributed by atoms with van der Waals surface area (Å²) in [5.41, 5.74) is 0. The summed E-state index contributed by atoms with van der Waals surface area (Å²) in [5.74, 6) is -1.03. The Morgan fingerprint density at radius 1 is 1.26 bits per heavy atom. The Morgan fingerprint density at radius 3 is 2.58 bits per heavy atom. The van der Waals surface area contributed by atoms with Crippen LogP contribution >= 0.6 is 0 Å². The van der Waals surface area contributed by atoms with Crippen LogP contribution in [0.15, 0.2) is 47.4 Å². The van der Waals surface area contributed by atoms with Crippen molar-refractivity contribution in [1.82, 2.24) is 0 Å². The van der Waals surface area contributed by atoms with E-state index in [0.717, 1.165) is 0 Å². The molecule has 6 heteroatoms. The van der Waals surface area contributed by atoms with E-state index in [9.17, 15) is 13.2 Å². The number of ether oxygens (including phenoxy) is 2. The number of benzene rings is 1. The predicted molar refractivity (Wildman–Crippen MR) is 70.5 cm³/mol. The lowest BCUT2D eigenvalue weighted by Crippen LogP contribution is -2.14. The molecule has 0 fully saturated rings. The maximum absolute atomic E-state index is 11.9. The Kier molecular flexibility index (Phi) is 6.41. The summed E-state index contributed by atoms with van der Waals surface area (Å²) in [6, 6.07) is 7.88. The number of allylic oxidation sites excluding steroid dienone is 1. The smallest absolute Gasteiger partial charge is 0.185 e. The van der Waals surface area contributed by atoms with Gasteiger partial charge in [-0.15, -0.1) is 0 Å². The molecule has 104 valence electrons. The molecule has 0 saturated carbocycles. The van der Waals surface area contributed by atoms with Gasteiger partial charge in [-0.3, -0.25) is 4.79 Å². The fourth-order valence-corrected chi connectivity index (χ4v) is 2.53. The third-order valence-electron chi connectivity index (χ3n) is 2.15. The summed E-state index contributed by atoms with van der Waals surface area (Å²) in [7, 11) is -2.09. The van der Waals surface area contributed by atoms with Gasteiger partial charge in [0.15, 0.2) is 15.6 Å². The molecule has 0 aliphatic carbocycles. The summed E-state index contributed by atoms with van der Waals surface area (Å²) in [4.78, 5) is 11.7. The fraction of sp³-hybridized carbons (Fsp3) is 0.308. The average Bonchev–Trinajstić information content (AvgIpc) is 2.39. The number of hydrogen-bond donors (Lipinski definition) is 0. The van der Waals surface area contributed by atoms with Crippen LogP contribution in [0.4, 0.5) is 0 Å². The molecule has 0 aromatic heterocycles. The molecule has 0 spiro atoms. The van der Waals surface area contributed by atoms with E-state index in [1.54, 1.807) is 18.2 Å². The van der Waals surface area contributed by atoms with E-state index in [0.29, 0.717) is 0 Å². The first kappa shape index (κ1) is 15.6. The zero-order valence-electron chi connectivity index (χ0n) is 10.6. The first-order valence-corrected chi connectivity index (χ1v) is 7.25. The average molecular weight is 284 g/mol. The van der Waals surface area contributed by atoms with Gasteiger partial charge in [0.1, 0.15) is 12.5 Å². The molecule has 1 rings (SSSR count). The quantitative estimate of drug-likeness (QED) is 0.407. The van der Waals surface area contributed by atoms with E-state index in [4.69, 9.17) is 4.74 Å². The minimum Gasteiger partial charge on any atom is -0.359 e. The molecule has 0 amide bonds. The van der Waals surface area contributed by atoms with E-state index in [2.05, 4.69) is 4.74 Å². The number of carbonyl (C=O) groups is 1. The second-order valence-corrected chi connectivity index (χ2v) is 5.71. The summed E-state index contributed by atoms with van der Waals surface area (Å²) in [6.45, 7) is 0.325. The molecular formula is C13H16O5S. The second kappa shape index (κ2) is 7.83. The first-order chi connectivity index (χ1) is 9.06. The highest BCUT2D eigenvalue weighted by Crippen LogP contribution is 2.10. The van der Waals surface area contributed by atoms with Crippen molar-refractivity contribution in [3.05, 3.63) is 42.5 Å². The lowest BCUT2D eigenvalue weighted by molar-refractivity contribution is -0.112. The Bertz CT molecular complexity index is 519. The van der Waals surface area contributed by atoms with Crippen molar-refractivity contribution in [3.8, 4) is 0 Å². The molecule has 0 atom stereocenters. The Morgan fingerprint density at radius 2 is 1.95 bits per heavy atom. The van der Waals surface area contributed by atoms with E-state index in [1.807, 2.05) is 0 Å². The van der Waals surface area contributed by atoms with Gasteiger partial charge in [-0.25, -0.2) is 8.42 Å². The summed E-state index contributed by atoms with van der Waals surface area (Å²) in [6.07, 6.45) is 2.66. The van der Waals surface area contributed by atoms with Crippen LogP contribution in [-0.4, -0.2) is 40.5 Å². The normalized spacial score (nSPS) is 11.8. The molecule has 0 saturated heterocycles. The minimum absolute atomic E-state index is 0.126. The minimum atomic E-state index is -3.57. The van der Waals surface area contributed by atoms with Crippen molar-refractivity contribution in [1.29, 1.82) is 0 Å². The third-order valence-corrected chi connectivity index (χ3v) is 3.81. The van der Waals surface area contributed by atoms with E-state index >= 15 is 0 Å². The molecule has 0 aliphatic rings. The van der Waals surface area contributed by atoms with Crippen LogP contribution in [0, 0.1) is 0 Å². The first-order valence-electron chi connectivity index (χ1n) is 5.60. The fourth-order valence-electron chi connectivity index (χ4n) is 1.33. The van der Waals surface area contributed by atoms with Crippen molar-refractivity contribution in [2.24, 2.45) is 0 Å². The monoisotopic (exact) mass is 284 g/mol. The van der Waals surface area contributed by atoms with Gasteiger partial charge < -0.3 is 9.47 Å². The topological polar surface area (TPSA) is 69.7 Å². The molecule has 0 aliphatic heterocycles. The summed E-state index contributed by atoms with van der Waals surface area (Å²) >= 11 is 0. The molecule has 0 N–H and O–H groups in total. The molecule has 0 radical (unpaired) electrons.